The SMILES string of the molecule is C=CCCCCCC[C@@H](Cl)[C@H](Cl)[C@@H](Cl)[C@H](OS(=O)(=O)O)[C@H](Cl)[C@@H](C)Cl. The zero-order valence-electron chi connectivity index (χ0n) is 14.0. The molecule has 0 aromatic carbocycles. The number of unbranched alkanes of at least 4 members (excludes halogenated alkanes) is 4. The van der Waals surface area contributed by atoms with E-state index in [1.54, 1.807) is 6.92 Å². The highest BCUT2D eigenvalue weighted by molar-refractivity contribution is 7.80. The van der Waals surface area contributed by atoms with Gasteiger partial charge in [-0.1, -0.05) is 25.3 Å². The van der Waals surface area contributed by atoms with Crippen molar-refractivity contribution in [2.45, 2.75) is 78.4 Å². The Morgan fingerprint density at radius 1 is 1.00 bits per heavy atom. The summed E-state index contributed by atoms with van der Waals surface area (Å²) in [5.74, 6) is 0. The van der Waals surface area contributed by atoms with Crippen molar-refractivity contribution in [2.75, 3.05) is 0 Å². The van der Waals surface area contributed by atoms with Crippen molar-refractivity contribution in [3.05, 3.63) is 12.7 Å². The Kier molecular flexibility index (Phi) is 13.8. The predicted octanol–water partition coefficient (Wildman–Crippen LogP) is 5.76. The maximum atomic E-state index is 11.1. The van der Waals surface area contributed by atoms with Crippen molar-refractivity contribution in [3.63, 3.8) is 0 Å². The van der Waals surface area contributed by atoms with E-state index in [1.165, 1.54) is 0 Å². The number of allylic oxidation sites excluding steroid dienone is 1. The van der Waals surface area contributed by atoms with Crippen LogP contribution in [-0.2, 0) is 14.6 Å². The molecule has 10 heteroatoms. The molecule has 0 aromatic heterocycles. The zero-order chi connectivity index (χ0) is 19.6. The number of hydrogen-bond acceptors (Lipinski definition) is 3. The summed E-state index contributed by atoms with van der Waals surface area (Å²) < 4.78 is 35.6. The molecule has 0 saturated heterocycles. The van der Waals surface area contributed by atoms with E-state index in [0.29, 0.717) is 6.42 Å². The molecule has 6 atom stereocenters. The minimum Gasteiger partial charge on any atom is -0.264 e. The summed E-state index contributed by atoms with van der Waals surface area (Å²) in [7, 11) is -4.77. The first-order valence-electron chi connectivity index (χ1n) is 7.98. The molecule has 0 saturated carbocycles. The Morgan fingerprint density at radius 2 is 1.56 bits per heavy atom. The maximum Gasteiger partial charge on any atom is 0.397 e. The first kappa shape index (κ1) is 26.1. The van der Waals surface area contributed by atoms with E-state index in [4.69, 9.17) is 62.6 Å². The largest absolute Gasteiger partial charge is 0.397 e. The second-order valence-corrected chi connectivity index (χ2v) is 9.60. The van der Waals surface area contributed by atoms with Crippen LogP contribution < -0.4 is 0 Å². The van der Waals surface area contributed by atoms with Crippen LogP contribution in [0.1, 0.15) is 45.4 Å². The third-order valence-corrected chi connectivity index (χ3v) is 6.92. The molecule has 0 spiro atoms. The fourth-order valence-corrected chi connectivity index (χ4v) is 4.31. The van der Waals surface area contributed by atoms with E-state index in [-0.39, 0.29) is 0 Å². The summed E-state index contributed by atoms with van der Waals surface area (Å²) >= 11 is 30.8. The fourth-order valence-electron chi connectivity index (χ4n) is 2.21. The summed E-state index contributed by atoms with van der Waals surface area (Å²) in [5.41, 5.74) is 0. The summed E-state index contributed by atoms with van der Waals surface area (Å²) in [4.78, 5) is 0. The molecule has 0 aliphatic rings. The molecule has 1 N–H and O–H groups in total. The van der Waals surface area contributed by atoms with E-state index in [0.717, 1.165) is 32.1 Å². The normalized spacial score (nSPS) is 19.6. The van der Waals surface area contributed by atoms with Crippen molar-refractivity contribution < 1.29 is 17.2 Å². The van der Waals surface area contributed by atoms with Gasteiger partial charge in [-0.15, -0.1) is 64.6 Å². The average Bonchev–Trinajstić information content (AvgIpc) is 2.52. The molecule has 25 heavy (non-hydrogen) atoms. The second-order valence-electron chi connectivity index (χ2n) is 5.80. The third kappa shape index (κ3) is 11.5. The summed E-state index contributed by atoms with van der Waals surface area (Å²) in [6.07, 6.45) is 6.14. The van der Waals surface area contributed by atoms with Gasteiger partial charge in [-0.2, -0.15) is 8.42 Å². The Hall–Kier alpha value is 1.06. The monoisotopic (exact) mass is 476 g/mol. The van der Waals surface area contributed by atoms with Gasteiger partial charge in [-0.3, -0.25) is 4.55 Å². The Bertz CT molecular complexity index is 475. The van der Waals surface area contributed by atoms with Crippen molar-refractivity contribution in [3.8, 4) is 0 Å². The number of rotatable bonds is 14. The van der Waals surface area contributed by atoms with Crippen molar-refractivity contribution >= 4 is 68.4 Å². The van der Waals surface area contributed by atoms with Crippen LogP contribution in [0.2, 0.25) is 0 Å². The lowest BCUT2D eigenvalue weighted by atomic mass is 10.0. The lowest BCUT2D eigenvalue weighted by Gasteiger charge is -2.30. The molecule has 0 rings (SSSR count). The molecule has 150 valence electrons. The van der Waals surface area contributed by atoms with Gasteiger partial charge < -0.3 is 0 Å². The van der Waals surface area contributed by atoms with Crippen LogP contribution in [0, 0.1) is 0 Å². The van der Waals surface area contributed by atoms with Gasteiger partial charge in [-0.05, 0) is 26.2 Å². The average molecular weight is 479 g/mol. The van der Waals surface area contributed by atoms with Gasteiger partial charge in [0, 0.05) is 5.38 Å². The molecule has 0 amide bonds. The van der Waals surface area contributed by atoms with E-state index in [2.05, 4.69) is 10.8 Å². The zero-order valence-corrected chi connectivity index (χ0v) is 18.6. The Labute approximate surface area is 176 Å². The molecule has 4 nitrogen and oxygen atoms in total. The van der Waals surface area contributed by atoms with E-state index < -0.39 is 43.4 Å². The van der Waals surface area contributed by atoms with E-state index in [9.17, 15) is 8.42 Å². The molecular weight excluding hydrogens is 453 g/mol. The Morgan fingerprint density at radius 3 is 2.04 bits per heavy atom. The minimum atomic E-state index is -4.77. The highest BCUT2D eigenvalue weighted by Gasteiger charge is 2.40. The van der Waals surface area contributed by atoms with Gasteiger partial charge in [-0.25, -0.2) is 4.18 Å². The molecular formula is C15H25Cl5O4S. The molecule has 0 unspecified atom stereocenters. The Balaban J connectivity index is 4.69. The van der Waals surface area contributed by atoms with Crippen LogP contribution in [-0.4, -0.2) is 46.0 Å². The molecule has 0 bridgehead atoms. The van der Waals surface area contributed by atoms with Crippen molar-refractivity contribution in [1.82, 2.24) is 0 Å². The fraction of sp³-hybridized carbons (Fsp3) is 0.867. The van der Waals surface area contributed by atoms with Crippen LogP contribution in [0.4, 0.5) is 0 Å². The first-order valence-corrected chi connectivity index (χ1v) is 11.5. The number of alkyl halides is 5. The summed E-state index contributed by atoms with van der Waals surface area (Å²) in [6.45, 7) is 5.22. The summed E-state index contributed by atoms with van der Waals surface area (Å²) in [5, 5.41) is -4.05. The highest BCUT2D eigenvalue weighted by atomic mass is 35.5. The number of hydrogen-bond donors (Lipinski definition) is 1. The van der Waals surface area contributed by atoms with Crippen LogP contribution >= 0.6 is 58.0 Å². The van der Waals surface area contributed by atoms with Crippen LogP contribution in [0.15, 0.2) is 12.7 Å². The molecule has 0 aromatic rings. The van der Waals surface area contributed by atoms with Gasteiger partial charge >= 0.3 is 10.4 Å². The van der Waals surface area contributed by atoms with E-state index in [1.807, 2.05) is 6.08 Å². The molecule has 0 aliphatic carbocycles. The van der Waals surface area contributed by atoms with Crippen molar-refractivity contribution in [1.29, 1.82) is 0 Å². The maximum absolute atomic E-state index is 11.1. The van der Waals surface area contributed by atoms with Crippen LogP contribution in [0.25, 0.3) is 0 Å². The van der Waals surface area contributed by atoms with Gasteiger partial charge in [0.05, 0.1) is 21.5 Å². The molecule has 0 radical (unpaired) electrons. The smallest absolute Gasteiger partial charge is 0.264 e. The molecule has 0 fully saturated rings. The number of halogens is 5. The lowest BCUT2D eigenvalue weighted by molar-refractivity contribution is 0.168. The lowest BCUT2D eigenvalue weighted by Crippen LogP contribution is -2.45. The topological polar surface area (TPSA) is 63.6 Å². The first-order chi connectivity index (χ1) is 11.5. The second kappa shape index (κ2) is 13.3. The van der Waals surface area contributed by atoms with E-state index >= 15 is 0 Å². The van der Waals surface area contributed by atoms with Crippen LogP contribution in [0.5, 0.6) is 0 Å². The highest BCUT2D eigenvalue weighted by Crippen LogP contribution is 2.31. The molecule has 0 heterocycles. The quantitative estimate of drug-likeness (QED) is 0.149. The van der Waals surface area contributed by atoms with Gasteiger partial charge in [0.2, 0.25) is 0 Å². The van der Waals surface area contributed by atoms with Gasteiger partial charge in [0.1, 0.15) is 6.10 Å². The van der Waals surface area contributed by atoms with Crippen LogP contribution in [0.3, 0.4) is 0 Å². The van der Waals surface area contributed by atoms with Gasteiger partial charge in [0.15, 0.2) is 0 Å². The summed E-state index contributed by atoms with van der Waals surface area (Å²) in [6, 6.07) is 0. The molecule has 0 aliphatic heterocycles. The third-order valence-electron chi connectivity index (χ3n) is 3.59. The van der Waals surface area contributed by atoms with Gasteiger partial charge in [0.25, 0.3) is 0 Å². The standard InChI is InChI=1S/C15H25Cl5O4S/c1-3-4-5-6-7-8-9-11(17)13(19)14(20)15(12(18)10(2)16)24-25(21,22)23/h3,10-15H,1,4-9H2,2H3,(H,21,22,23)/t10-,11-,12-,13+,14-,15-/m1/s1. The van der Waals surface area contributed by atoms with Crippen molar-refractivity contribution in [2.24, 2.45) is 0 Å². The predicted molar refractivity (Wildman–Crippen MR) is 108 cm³/mol. The minimum absolute atomic E-state index is 0.509.